The van der Waals surface area contributed by atoms with Gasteiger partial charge in [0.05, 0.1) is 22.1 Å². The highest BCUT2D eigenvalue weighted by molar-refractivity contribution is 6.16. The predicted octanol–water partition coefficient (Wildman–Crippen LogP) is 9.58. The fourth-order valence-corrected chi connectivity index (χ4v) is 5.67. The molecule has 37 heavy (non-hydrogen) atoms. The lowest BCUT2D eigenvalue weighted by molar-refractivity contribution is 0.669. The minimum absolute atomic E-state index is 0.884. The van der Waals surface area contributed by atoms with Crippen molar-refractivity contribution in [3.8, 4) is 5.69 Å². The van der Waals surface area contributed by atoms with Crippen molar-refractivity contribution in [3.05, 3.63) is 127 Å². The molecule has 2 aromatic heterocycles. The van der Waals surface area contributed by atoms with E-state index in [0.29, 0.717) is 0 Å². The first-order chi connectivity index (χ1) is 18.3. The number of rotatable bonds is 3. The van der Waals surface area contributed by atoms with Crippen molar-refractivity contribution in [1.82, 2.24) is 4.57 Å². The number of nitrogens with zero attached hydrogens (tertiary/aromatic N) is 1. The van der Waals surface area contributed by atoms with Gasteiger partial charge in [-0.05, 0) is 65.4 Å². The molecular formula is C34H22N2O. The molecule has 0 fully saturated rings. The van der Waals surface area contributed by atoms with Crippen LogP contribution in [-0.2, 0) is 0 Å². The lowest BCUT2D eigenvalue weighted by atomic mass is 10.1. The molecule has 0 saturated carbocycles. The first-order valence-corrected chi connectivity index (χ1v) is 12.5. The van der Waals surface area contributed by atoms with Crippen LogP contribution in [0.3, 0.4) is 0 Å². The molecular weight excluding hydrogens is 452 g/mol. The number of fused-ring (bicyclic) bond motifs is 7. The monoisotopic (exact) mass is 474 g/mol. The van der Waals surface area contributed by atoms with Gasteiger partial charge in [0.1, 0.15) is 11.2 Å². The molecule has 3 nitrogen and oxygen atoms in total. The minimum Gasteiger partial charge on any atom is -0.456 e. The maximum atomic E-state index is 6.28. The first kappa shape index (κ1) is 20.2. The maximum absolute atomic E-state index is 6.28. The molecule has 0 atom stereocenters. The average molecular weight is 475 g/mol. The summed E-state index contributed by atoms with van der Waals surface area (Å²) in [6, 6.07) is 44.8. The molecule has 0 amide bonds. The number of hydrogen-bond donors (Lipinski definition) is 1. The molecule has 0 saturated heterocycles. The lowest BCUT2D eigenvalue weighted by Gasteiger charge is -2.11. The number of benzene rings is 6. The van der Waals surface area contributed by atoms with Crippen molar-refractivity contribution in [2.75, 3.05) is 5.32 Å². The van der Waals surface area contributed by atoms with Gasteiger partial charge >= 0.3 is 0 Å². The van der Waals surface area contributed by atoms with Crippen molar-refractivity contribution in [2.24, 2.45) is 0 Å². The van der Waals surface area contributed by atoms with Crippen LogP contribution in [0, 0.1) is 0 Å². The van der Waals surface area contributed by atoms with Gasteiger partial charge in [0.15, 0.2) is 0 Å². The molecule has 3 heteroatoms. The van der Waals surface area contributed by atoms with E-state index in [1.54, 1.807) is 0 Å². The third-order valence-corrected chi connectivity index (χ3v) is 7.33. The molecule has 0 aliphatic heterocycles. The molecule has 1 N–H and O–H groups in total. The normalized spacial score (nSPS) is 11.8. The highest BCUT2D eigenvalue weighted by atomic mass is 16.3. The van der Waals surface area contributed by atoms with E-state index in [1.807, 2.05) is 12.1 Å². The Balaban J connectivity index is 1.33. The number of nitrogens with one attached hydrogen (secondary N) is 1. The summed E-state index contributed by atoms with van der Waals surface area (Å²) in [5, 5.41) is 10.8. The van der Waals surface area contributed by atoms with Gasteiger partial charge in [0.2, 0.25) is 0 Å². The number of anilines is 2. The van der Waals surface area contributed by atoms with E-state index in [9.17, 15) is 0 Å². The van der Waals surface area contributed by atoms with Gasteiger partial charge < -0.3 is 14.3 Å². The quantitative estimate of drug-likeness (QED) is 0.276. The minimum atomic E-state index is 0.884. The molecule has 6 aromatic carbocycles. The summed E-state index contributed by atoms with van der Waals surface area (Å²) in [5.74, 6) is 0. The second-order valence-electron chi connectivity index (χ2n) is 9.52. The van der Waals surface area contributed by atoms with Crippen LogP contribution in [0.4, 0.5) is 11.4 Å². The zero-order valence-electron chi connectivity index (χ0n) is 20.0. The lowest BCUT2D eigenvalue weighted by Crippen LogP contribution is -1.95. The van der Waals surface area contributed by atoms with Crippen LogP contribution < -0.4 is 5.32 Å². The van der Waals surface area contributed by atoms with Gasteiger partial charge in [-0.25, -0.2) is 0 Å². The Hall–Kier alpha value is -5.02. The van der Waals surface area contributed by atoms with Gasteiger partial charge in [0, 0.05) is 27.5 Å². The van der Waals surface area contributed by atoms with E-state index in [2.05, 4.69) is 125 Å². The summed E-state index contributed by atoms with van der Waals surface area (Å²) >= 11 is 0. The largest absolute Gasteiger partial charge is 0.456 e. The second-order valence-corrected chi connectivity index (χ2v) is 9.52. The number of furan rings is 1. The summed E-state index contributed by atoms with van der Waals surface area (Å²) in [7, 11) is 0. The molecule has 0 bridgehead atoms. The molecule has 0 spiro atoms. The van der Waals surface area contributed by atoms with Gasteiger partial charge in [0.25, 0.3) is 0 Å². The van der Waals surface area contributed by atoms with Crippen molar-refractivity contribution in [3.63, 3.8) is 0 Å². The second kappa shape index (κ2) is 7.74. The summed E-state index contributed by atoms with van der Waals surface area (Å²) in [4.78, 5) is 0. The smallest absolute Gasteiger partial charge is 0.137 e. The van der Waals surface area contributed by atoms with E-state index in [-0.39, 0.29) is 0 Å². The summed E-state index contributed by atoms with van der Waals surface area (Å²) in [6.45, 7) is 0. The van der Waals surface area contributed by atoms with Crippen LogP contribution in [0.5, 0.6) is 0 Å². The third kappa shape index (κ3) is 3.08. The molecule has 8 aromatic rings. The highest BCUT2D eigenvalue weighted by Gasteiger charge is 2.15. The Kier molecular flexibility index (Phi) is 4.23. The van der Waals surface area contributed by atoms with Crippen molar-refractivity contribution >= 4 is 65.9 Å². The van der Waals surface area contributed by atoms with E-state index >= 15 is 0 Å². The third-order valence-electron chi connectivity index (χ3n) is 7.33. The van der Waals surface area contributed by atoms with Crippen molar-refractivity contribution in [2.45, 2.75) is 0 Å². The van der Waals surface area contributed by atoms with Crippen LogP contribution >= 0.6 is 0 Å². The standard InChI is InChI=1S/C34H22N2O/c1-2-11-25(12-3-1)36-30-15-7-6-13-26(30)27-18-17-24(21-31(27)36)35-29-14-8-16-32-34(29)28-19-22-9-4-5-10-23(22)20-33(28)37-32/h1-21,35H. The van der Waals surface area contributed by atoms with E-state index < -0.39 is 0 Å². The Bertz CT molecular complexity index is 2120. The number of para-hydroxylation sites is 2. The zero-order chi connectivity index (χ0) is 24.3. The van der Waals surface area contributed by atoms with Gasteiger partial charge in [-0.2, -0.15) is 0 Å². The molecule has 8 rings (SSSR count). The maximum Gasteiger partial charge on any atom is 0.137 e. The van der Waals surface area contributed by atoms with E-state index in [1.165, 1.54) is 32.6 Å². The Morgan fingerprint density at radius 3 is 2.16 bits per heavy atom. The van der Waals surface area contributed by atoms with Crippen LogP contribution in [0.25, 0.3) is 60.2 Å². The van der Waals surface area contributed by atoms with Gasteiger partial charge in [-0.1, -0.05) is 72.8 Å². The van der Waals surface area contributed by atoms with Crippen LogP contribution in [0.1, 0.15) is 0 Å². The molecule has 174 valence electrons. The van der Waals surface area contributed by atoms with Gasteiger partial charge in [-0.3, -0.25) is 0 Å². The molecule has 0 aliphatic rings. The fraction of sp³-hybridized carbons (Fsp3) is 0. The topological polar surface area (TPSA) is 30.1 Å². The predicted molar refractivity (Wildman–Crippen MR) is 155 cm³/mol. The Labute approximate surface area is 213 Å². The Morgan fingerprint density at radius 2 is 1.27 bits per heavy atom. The molecule has 0 aliphatic carbocycles. The average Bonchev–Trinajstić information content (AvgIpc) is 3.47. The van der Waals surface area contributed by atoms with Crippen molar-refractivity contribution in [1.29, 1.82) is 0 Å². The number of aromatic nitrogens is 1. The summed E-state index contributed by atoms with van der Waals surface area (Å²) < 4.78 is 8.62. The summed E-state index contributed by atoms with van der Waals surface area (Å²) in [6.07, 6.45) is 0. The van der Waals surface area contributed by atoms with E-state index in [4.69, 9.17) is 4.42 Å². The number of hydrogen-bond acceptors (Lipinski definition) is 2. The highest BCUT2D eigenvalue weighted by Crippen LogP contribution is 2.39. The van der Waals surface area contributed by atoms with Crippen LogP contribution in [-0.4, -0.2) is 4.57 Å². The van der Waals surface area contributed by atoms with E-state index in [0.717, 1.165) is 39.0 Å². The first-order valence-electron chi connectivity index (χ1n) is 12.5. The Morgan fingerprint density at radius 1 is 0.514 bits per heavy atom. The SMILES string of the molecule is c1ccc(-n2c3ccccc3c3ccc(Nc4cccc5oc6cc7ccccc7cc6c45)cc32)cc1. The van der Waals surface area contributed by atoms with Crippen LogP contribution in [0.15, 0.2) is 132 Å². The molecule has 2 heterocycles. The van der Waals surface area contributed by atoms with Crippen LogP contribution in [0.2, 0.25) is 0 Å². The fourth-order valence-electron chi connectivity index (χ4n) is 5.67. The summed E-state index contributed by atoms with van der Waals surface area (Å²) in [5.41, 5.74) is 7.39. The zero-order valence-corrected chi connectivity index (χ0v) is 20.0. The molecule has 0 radical (unpaired) electrons. The van der Waals surface area contributed by atoms with Gasteiger partial charge in [-0.15, -0.1) is 0 Å². The van der Waals surface area contributed by atoms with Crippen molar-refractivity contribution < 1.29 is 4.42 Å². The molecule has 0 unspecified atom stereocenters.